The molecule has 1 aromatic carbocycles. The second-order valence-electron chi connectivity index (χ2n) is 2.95. The third-order valence-electron chi connectivity index (χ3n) is 2.07. The van der Waals surface area contributed by atoms with Gasteiger partial charge in [0.15, 0.2) is 5.52 Å². The molecule has 0 bridgehead atoms. The van der Waals surface area contributed by atoms with Gasteiger partial charge in [0.25, 0.3) is 0 Å². The van der Waals surface area contributed by atoms with Crippen LogP contribution in [0, 0.1) is 5.21 Å². The van der Waals surface area contributed by atoms with E-state index in [0.29, 0.717) is 15.9 Å². The highest BCUT2D eigenvalue weighted by Crippen LogP contribution is 2.30. The van der Waals surface area contributed by atoms with Crippen molar-refractivity contribution in [2.75, 3.05) is 17.2 Å². The number of nitrogens with zero attached hydrogens (tertiary/aromatic N) is 2. The van der Waals surface area contributed by atoms with E-state index in [1.54, 1.807) is 0 Å². The van der Waals surface area contributed by atoms with Crippen LogP contribution in [0.1, 0.15) is 0 Å². The molecule has 0 aliphatic carbocycles. The van der Waals surface area contributed by atoms with E-state index in [1.807, 2.05) is 0 Å². The molecule has 7 N–H and O–H groups in total. The van der Waals surface area contributed by atoms with Gasteiger partial charge in [-0.3, -0.25) is 0 Å². The van der Waals surface area contributed by atoms with Crippen LogP contribution in [0.2, 0.25) is 0 Å². The molecule has 14 heavy (non-hydrogen) atoms. The Morgan fingerprint density at radius 3 is 2.57 bits per heavy atom. The number of hydrogen-bond donors (Lipinski definition) is 4. The number of rotatable bonds is 0. The predicted octanol–water partition coefficient (Wildman–Crippen LogP) is -0.741. The first-order valence-electron chi connectivity index (χ1n) is 3.80. The Kier molecular flexibility index (Phi) is 1.39. The van der Waals surface area contributed by atoms with E-state index < -0.39 is 0 Å². The van der Waals surface area contributed by atoms with Gasteiger partial charge in [0, 0.05) is 10.5 Å². The number of hydrogen-bond acceptors (Lipinski definition) is 5. The van der Waals surface area contributed by atoms with Gasteiger partial charge >= 0.3 is 0 Å². The number of nitrogens with two attached hydrogens (primary N) is 3. The number of nitrogen functional groups attached to an aromatic ring is 3. The van der Waals surface area contributed by atoms with E-state index in [-0.39, 0.29) is 21.7 Å². The third-order valence-corrected chi connectivity index (χ3v) is 2.07. The molecule has 1 heterocycles. The Morgan fingerprint density at radius 1 is 1.29 bits per heavy atom. The van der Waals surface area contributed by atoms with E-state index in [4.69, 9.17) is 17.2 Å². The molecule has 7 heteroatoms. The first-order chi connectivity index (χ1) is 6.52. The van der Waals surface area contributed by atoms with Crippen LogP contribution in [-0.2, 0) is 0 Å². The first-order valence-corrected chi connectivity index (χ1v) is 3.80. The van der Waals surface area contributed by atoms with Crippen LogP contribution in [0.4, 0.5) is 17.1 Å². The molecule has 2 rings (SSSR count). The summed E-state index contributed by atoms with van der Waals surface area (Å²) in [5.74, 6) is 0. The quantitative estimate of drug-likeness (QED) is 0.190. The zero-order valence-electron chi connectivity index (χ0n) is 7.14. The number of fused-ring (bicyclic) bond motifs is 1. The van der Waals surface area contributed by atoms with Crippen molar-refractivity contribution in [3.8, 4) is 0 Å². The van der Waals surface area contributed by atoms with Crippen molar-refractivity contribution in [3.63, 3.8) is 0 Å². The number of benzene rings is 1. The molecule has 74 valence electrons. The Hall–Kier alpha value is -2.31. The van der Waals surface area contributed by atoms with E-state index in [1.165, 1.54) is 6.07 Å². The van der Waals surface area contributed by atoms with Crippen LogP contribution in [0.15, 0.2) is 12.3 Å². The van der Waals surface area contributed by atoms with Gasteiger partial charge in [-0.25, -0.2) is 0 Å². The summed E-state index contributed by atoms with van der Waals surface area (Å²) >= 11 is 0. The molecule has 0 amide bonds. The molecular weight excluding hydrogens is 186 g/mol. The van der Waals surface area contributed by atoms with Crippen molar-refractivity contribution in [1.82, 2.24) is 4.85 Å². The maximum atomic E-state index is 11.0. The Labute approximate surface area is 78.4 Å². The van der Waals surface area contributed by atoms with Gasteiger partial charge in [0.1, 0.15) is 5.39 Å². The van der Waals surface area contributed by atoms with Crippen LogP contribution >= 0.6 is 0 Å². The average Bonchev–Trinajstić information content (AvgIpc) is 2.41. The summed E-state index contributed by atoms with van der Waals surface area (Å²) < 4.78 is 0. The van der Waals surface area contributed by atoms with E-state index in [0.717, 1.165) is 6.20 Å². The summed E-state index contributed by atoms with van der Waals surface area (Å²) in [5, 5.41) is 20.7. The topological polar surface area (TPSA) is 130 Å². The Morgan fingerprint density at radius 2 is 1.93 bits per heavy atom. The SMILES string of the molecule is Nc1cc(N)c2c[n+]([O-])n(O)c2c1N. The molecule has 0 atom stereocenters. The molecule has 7 nitrogen and oxygen atoms in total. The summed E-state index contributed by atoms with van der Waals surface area (Å²) in [6.45, 7) is 0. The molecule has 0 radical (unpaired) electrons. The molecule has 0 unspecified atom stereocenters. The lowest BCUT2D eigenvalue weighted by Gasteiger charge is -2.02. The van der Waals surface area contributed by atoms with E-state index >= 15 is 0 Å². The normalized spacial score (nSPS) is 10.9. The monoisotopic (exact) mass is 195 g/mol. The molecule has 2 aromatic rings. The predicted molar refractivity (Wildman–Crippen MR) is 51.3 cm³/mol. The van der Waals surface area contributed by atoms with Crippen molar-refractivity contribution in [3.05, 3.63) is 17.5 Å². The van der Waals surface area contributed by atoms with E-state index in [2.05, 4.69) is 0 Å². The fourth-order valence-corrected chi connectivity index (χ4v) is 1.36. The largest absolute Gasteiger partial charge is 0.594 e. The molecule has 0 saturated carbocycles. The Balaban J connectivity index is 3.03. The minimum absolute atomic E-state index is 0.123. The minimum atomic E-state index is 0.123. The summed E-state index contributed by atoms with van der Waals surface area (Å²) in [4.78, 5) is 0.578. The fraction of sp³-hybridized carbons (Fsp3) is 0. The molecule has 0 aliphatic rings. The zero-order chi connectivity index (χ0) is 10.5. The lowest BCUT2D eigenvalue weighted by molar-refractivity contribution is -0.722. The van der Waals surface area contributed by atoms with Gasteiger partial charge in [0.2, 0.25) is 6.20 Å². The highest BCUT2D eigenvalue weighted by atomic mass is 16.6. The third kappa shape index (κ3) is 0.830. The average molecular weight is 195 g/mol. The van der Waals surface area contributed by atoms with Crippen molar-refractivity contribution in [2.24, 2.45) is 0 Å². The molecule has 0 spiro atoms. The van der Waals surface area contributed by atoms with Crippen LogP contribution < -0.4 is 22.0 Å². The number of anilines is 3. The van der Waals surface area contributed by atoms with Gasteiger partial charge < -0.3 is 27.6 Å². The van der Waals surface area contributed by atoms with Gasteiger partial charge in [-0.05, 0) is 10.9 Å². The molecule has 0 fully saturated rings. The van der Waals surface area contributed by atoms with Crippen molar-refractivity contribution in [1.29, 1.82) is 0 Å². The standard InChI is InChI=1S/C7H9N5O2/c8-4-1-5(9)6(10)7-3(4)2-11(13)12(7)14/h1-2,14H,8-10H2. The maximum absolute atomic E-state index is 11.0. The second-order valence-corrected chi connectivity index (χ2v) is 2.95. The van der Waals surface area contributed by atoms with Crippen LogP contribution in [0.25, 0.3) is 10.9 Å². The van der Waals surface area contributed by atoms with Crippen LogP contribution in [-0.4, -0.2) is 10.1 Å². The maximum Gasteiger partial charge on any atom is 0.222 e. The molecule has 0 aliphatic heterocycles. The summed E-state index contributed by atoms with van der Waals surface area (Å²) in [7, 11) is 0. The van der Waals surface area contributed by atoms with Gasteiger partial charge in [0.05, 0.1) is 11.4 Å². The first kappa shape index (κ1) is 8.30. The minimum Gasteiger partial charge on any atom is -0.594 e. The highest BCUT2D eigenvalue weighted by molar-refractivity contribution is 6.02. The lowest BCUT2D eigenvalue weighted by atomic mass is 10.2. The number of aromatic nitrogens is 2. The van der Waals surface area contributed by atoms with Gasteiger partial charge in [-0.2, -0.15) is 0 Å². The van der Waals surface area contributed by atoms with Gasteiger partial charge in [-0.15, -0.1) is 0 Å². The molecule has 0 saturated heterocycles. The smallest absolute Gasteiger partial charge is 0.222 e. The fourth-order valence-electron chi connectivity index (χ4n) is 1.36. The molecular formula is C7H9N5O2. The summed E-state index contributed by atoms with van der Waals surface area (Å²) in [5.41, 5.74) is 17.5. The van der Waals surface area contributed by atoms with E-state index in [9.17, 15) is 10.4 Å². The lowest BCUT2D eigenvalue weighted by Crippen LogP contribution is -2.35. The van der Waals surface area contributed by atoms with Crippen molar-refractivity contribution >= 4 is 28.0 Å². The van der Waals surface area contributed by atoms with Crippen LogP contribution in [0.3, 0.4) is 0 Å². The highest BCUT2D eigenvalue weighted by Gasteiger charge is 2.17. The van der Waals surface area contributed by atoms with Crippen molar-refractivity contribution < 1.29 is 10.1 Å². The molecule has 1 aromatic heterocycles. The Bertz CT molecular complexity index is 519. The van der Waals surface area contributed by atoms with Crippen molar-refractivity contribution in [2.45, 2.75) is 0 Å². The second kappa shape index (κ2) is 2.34. The summed E-state index contributed by atoms with van der Waals surface area (Å²) in [6.07, 6.45) is 1.13. The zero-order valence-corrected chi connectivity index (χ0v) is 7.14. The van der Waals surface area contributed by atoms with Gasteiger partial charge in [-0.1, -0.05) is 0 Å². The van der Waals surface area contributed by atoms with Crippen LogP contribution in [0.5, 0.6) is 0 Å². The summed E-state index contributed by atoms with van der Waals surface area (Å²) in [6, 6.07) is 1.44.